The van der Waals surface area contributed by atoms with Gasteiger partial charge < -0.3 is 29.2 Å². The summed E-state index contributed by atoms with van der Waals surface area (Å²) in [4.78, 5) is 35.8. The number of hydrogen-bond donors (Lipinski definition) is 2. The van der Waals surface area contributed by atoms with E-state index in [0.717, 1.165) is 0 Å². The molecule has 0 aromatic heterocycles. The summed E-state index contributed by atoms with van der Waals surface area (Å²) in [7, 11) is -1.40. The number of fused-ring (bicyclic) bond motifs is 1. The molecule has 1 aromatic rings. The van der Waals surface area contributed by atoms with Gasteiger partial charge in [-0.15, -0.1) is 0 Å². The van der Waals surface area contributed by atoms with E-state index in [1.54, 1.807) is 26.0 Å². The topological polar surface area (TPSA) is 144 Å². The molecular weight excluding hydrogens is 395 g/mol. The molecule has 0 bridgehead atoms. The van der Waals surface area contributed by atoms with Crippen molar-refractivity contribution in [1.29, 1.82) is 5.26 Å². The van der Waals surface area contributed by atoms with Crippen LogP contribution in [0.1, 0.15) is 49.5 Å². The van der Waals surface area contributed by atoms with Crippen molar-refractivity contribution in [2.45, 2.75) is 58.4 Å². The van der Waals surface area contributed by atoms with Gasteiger partial charge in [0.2, 0.25) is 12.2 Å². The minimum atomic E-state index is -1.40. The van der Waals surface area contributed by atoms with E-state index in [0.29, 0.717) is 5.56 Å². The summed E-state index contributed by atoms with van der Waals surface area (Å²) in [5.41, 5.74) is 0.613. The number of hydrogen-bond acceptors (Lipinski definition) is 9. The van der Waals surface area contributed by atoms with Crippen LogP contribution < -0.4 is 9.97 Å². The first-order chi connectivity index (χ1) is 14.2. The van der Waals surface area contributed by atoms with Crippen molar-refractivity contribution in [3.63, 3.8) is 0 Å². The third-order valence-electron chi connectivity index (χ3n) is 4.02. The summed E-state index contributed by atoms with van der Waals surface area (Å²) in [5, 5.41) is 21.4. The molecule has 0 saturated carbocycles. The van der Waals surface area contributed by atoms with Crippen molar-refractivity contribution in [2.75, 3.05) is 0 Å². The van der Waals surface area contributed by atoms with Crippen LogP contribution in [0.25, 0.3) is 0 Å². The minimum absolute atomic E-state index is 0.00999. The highest BCUT2D eigenvalue weighted by Gasteiger charge is 2.38. The lowest BCUT2D eigenvalue weighted by atomic mass is 9.72. The zero-order chi connectivity index (χ0) is 22.3. The SMILES string of the molecule is CC(C)OC(=O)OC(C)OC(=O)c1cccc2c1OB(O)[C@@H](NC(=O)CCC#N)C2. The molecule has 1 unspecified atom stereocenters. The highest BCUT2D eigenvalue weighted by atomic mass is 16.8. The molecule has 10 nitrogen and oxygen atoms in total. The van der Waals surface area contributed by atoms with Crippen LogP contribution in [-0.4, -0.2) is 48.5 Å². The molecule has 160 valence electrons. The highest BCUT2D eigenvalue weighted by Crippen LogP contribution is 2.31. The van der Waals surface area contributed by atoms with E-state index in [4.69, 9.17) is 24.1 Å². The van der Waals surface area contributed by atoms with E-state index < -0.39 is 31.5 Å². The lowest BCUT2D eigenvalue weighted by Gasteiger charge is -2.29. The Morgan fingerprint density at radius 2 is 2.03 bits per heavy atom. The smallest absolute Gasteiger partial charge is 0.534 e. The third-order valence-corrected chi connectivity index (χ3v) is 4.02. The van der Waals surface area contributed by atoms with E-state index >= 15 is 0 Å². The van der Waals surface area contributed by atoms with Crippen LogP contribution in [0, 0.1) is 11.3 Å². The van der Waals surface area contributed by atoms with Crippen molar-refractivity contribution < 1.29 is 38.3 Å². The fourth-order valence-corrected chi connectivity index (χ4v) is 2.75. The van der Waals surface area contributed by atoms with Crippen LogP contribution in [-0.2, 0) is 25.4 Å². The average molecular weight is 418 g/mol. The number of nitrogens with one attached hydrogen (secondary N) is 1. The number of carbonyl (C=O) groups is 3. The third kappa shape index (κ3) is 6.38. The average Bonchev–Trinajstić information content (AvgIpc) is 2.65. The van der Waals surface area contributed by atoms with Gasteiger partial charge in [0.05, 0.1) is 18.1 Å². The van der Waals surface area contributed by atoms with Crippen LogP contribution in [0.3, 0.4) is 0 Å². The highest BCUT2D eigenvalue weighted by molar-refractivity contribution is 6.47. The zero-order valence-electron chi connectivity index (χ0n) is 16.9. The number of benzene rings is 1. The summed E-state index contributed by atoms with van der Waals surface area (Å²) < 4.78 is 20.2. The fourth-order valence-electron chi connectivity index (χ4n) is 2.75. The molecule has 2 N–H and O–H groups in total. The number of para-hydroxylation sites is 1. The molecule has 1 aliphatic rings. The molecule has 1 heterocycles. The maximum Gasteiger partial charge on any atom is 0.547 e. The molecule has 11 heteroatoms. The van der Waals surface area contributed by atoms with Gasteiger partial charge in [0.1, 0.15) is 11.3 Å². The lowest BCUT2D eigenvalue weighted by molar-refractivity contribution is -0.121. The van der Waals surface area contributed by atoms with Gasteiger partial charge in [-0.25, -0.2) is 9.59 Å². The molecule has 2 atom stereocenters. The molecule has 1 aliphatic heterocycles. The van der Waals surface area contributed by atoms with Crippen molar-refractivity contribution in [2.24, 2.45) is 0 Å². The predicted octanol–water partition coefficient (Wildman–Crippen LogP) is 1.49. The second kappa shape index (κ2) is 10.5. The molecule has 0 saturated heterocycles. The Bertz CT molecular complexity index is 838. The van der Waals surface area contributed by atoms with Gasteiger partial charge in [0, 0.05) is 19.8 Å². The van der Waals surface area contributed by atoms with Crippen molar-refractivity contribution in [3.8, 4) is 11.8 Å². The van der Waals surface area contributed by atoms with Gasteiger partial charge in [-0.2, -0.15) is 5.26 Å². The van der Waals surface area contributed by atoms with Gasteiger partial charge in [-0.05, 0) is 31.9 Å². The van der Waals surface area contributed by atoms with Gasteiger partial charge in [-0.3, -0.25) is 4.79 Å². The van der Waals surface area contributed by atoms with Crippen LogP contribution in [0.5, 0.6) is 5.75 Å². The predicted molar refractivity (Wildman–Crippen MR) is 103 cm³/mol. The Labute approximate surface area is 174 Å². The van der Waals surface area contributed by atoms with E-state index in [9.17, 15) is 19.4 Å². The molecule has 0 fully saturated rings. The molecule has 30 heavy (non-hydrogen) atoms. The summed E-state index contributed by atoms with van der Waals surface area (Å²) in [5.74, 6) is -1.82. The van der Waals surface area contributed by atoms with Crippen LogP contribution in [0.2, 0.25) is 0 Å². The molecule has 1 aromatic carbocycles. The number of nitriles is 1. The van der Waals surface area contributed by atoms with Gasteiger partial charge in [-0.1, -0.05) is 12.1 Å². The largest absolute Gasteiger partial charge is 0.547 e. The second-order valence-electron chi connectivity index (χ2n) is 6.85. The summed E-state index contributed by atoms with van der Waals surface area (Å²) in [6.07, 6.45) is -2.28. The number of nitrogens with zero attached hydrogens (tertiary/aromatic N) is 1. The van der Waals surface area contributed by atoms with E-state index in [-0.39, 0.29) is 42.6 Å². The van der Waals surface area contributed by atoms with Crippen molar-refractivity contribution in [1.82, 2.24) is 5.32 Å². The molecule has 1 amide bonds. The minimum Gasteiger partial charge on any atom is -0.534 e. The summed E-state index contributed by atoms with van der Waals surface area (Å²) in [6.45, 7) is 4.66. The maximum atomic E-state index is 12.5. The molecule has 0 spiro atoms. The van der Waals surface area contributed by atoms with Crippen LogP contribution in [0.4, 0.5) is 4.79 Å². The summed E-state index contributed by atoms with van der Waals surface area (Å²) >= 11 is 0. The lowest BCUT2D eigenvalue weighted by Crippen LogP contribution is -2.53. The normalized spacial score (nSPS) is 15.9. The van der Waals surface area contributed by atoms with E-state index in [1.807, 2.05) is 6.07 Å². The first-order valence-electron chi connectivity index (χ1n) is 9.42. The quantitative estimate of drug-likeness (QED) is 0.382. The van der Waals surface area contributed by atoms with Crippen molar-refractivity contribution in [3.05, 3.63) is 29.3 Å². The van der Waals surface area contributed by atoms with Crippen LogP contribution >= 0.6 is 0 Å². The Morgan fingerprint density at radius 1 is 1.30 bits per heavy atom. The monoisotopic (exact) mass is 418 g/mol. The van der Waals surface area contributed by atoms with Crippen molar-refractivity contribution >= 4 is 25.2 Å². The summed E-state index contributed by atoms with van der Waals surface area (Å²) in [6, 6.07) is 6.60. The molecule has 0 aliphatic carbocycles. The number of rotatable bonds is 7. The fraction of sp³-hybridized carbons (Fsp3) is 0.474. The van der Waals surface area contributed by atoms with Gasteiger partial charge in [0.15, 0.2) is 0 Å². The maximum absolute atomic E-state index is 12.5. The standard InChI is InChI=1S/C19H23BN2O8/c1-11(2)27-19(25)29-12(3)28-18(24)14-7-4-6-13-10-15(20(26)30-17(13)14)22-16(23)8-5-9-21/h4,6-7,11-12,15,26H,5,8,10H2,1-3H3,(H,22,23)/t12?,15-/m0/s1. The Hall–Kier alpha value is -3.26. The number of carbonyl (C=O) groups excluding carboxylic acids is 3. The molecule has 2 rings (SSSR count). The second-order valence-corrected chi connectivity index (χ2v) is 6.85. The first-order valence-corrected chi connectivity index (χ1v) is 9.42. The first kappa shape index (κ1) is 23.0. The van der Waals surface area contributed by atoms with E-state index in [2.05, 4.69) is 5.32 Å². The number of amides is 1. The van der Waals surface area contributed by atoms with Crippen LogP contribution in [0.15, 0.2) is 18.2 Å². The van der Waals surface area contributed by atoms with Gasteiger partial charge >= 0.3 is 19.2 Å². The zero-order valence-corrected chi connectivity index (χ0v) is 16.9. The number of ether oxygens (including phenoxy) is 3. The molecule has 0 radical (unpaired) electrons. The van der Waals surface area contributed by atoms with Gasteiger partial charge in [0.25, 0.3) is 0 Å². The van der Waals surface area contributed by atoms with E-state index in [1.165, 1.54) is 13.0 Å². The Morgan fingerprint density at radius 3 is 2.70 bits per heavy atom. The molecular formula is C19H23BN2O8. The Balaban J connectivity index is 2.05. The number of esters is 1. The Kier molecular flexibility index (Phi) is 8.06.